The highest BCUT2D eigenvalue weighted by Gasteiger charge is 2.19. The molecule has 6 heteroatoms. The summed E-state index contributed by atoms with van der Waals surface area (Å²) in [7, 11) is 1.30. The number of esters is 1. The SMILES string of the molecule is COC(=O)[C@H](CO)N=C1SCCCS1. The Morgan fingerprint density at radius 2 is 2.29 bits per heavy atom. The number of aliphatic hydroxyl groups is 1. The molecule has 1 atom stereocenters. The van der Waals surface area contributed by atoms with Crippen molar-refractivity contribution < 1.29 is 14.6 Å². The smallest absolute Gasteiger partial charge is 0.333 e. The predicted molar refractivity (Wildman–Crippen MR) is 59.9 cm³/mol. The highest BCUT2D eigenvalue weighted by atomic mass is 32.2. The topological polar surface area (TPSA) is 58.9 Å². The van der Waals surface area contributed by atoms with E-state index in [9.17, 15) is 4.79 Å². The number of aliphatic hydroxyl groups excluding tert-OH is 1. The molecule has 0 aliphatic carbocycles. The number of methoxy groups -OCH3 is 1. The fourth-order valence-corrected chi connectivity index (χ4v) is 3.27. The standard InChI is InChI=1S/C8H13NO3S2/c1-12-7(11)6(5-10)9-8-13-3-2-4-14-8/h6,10H,2-5H2,1H3/t6-/m0/s1. The molecule has 0 aromatic heterocycles. The van der Waals surface area contributed by atoms with Crippen molar-refractivity contribution in [3.05, 3.63) is 0 Å². The number of carbonyl (C=O) groups excluding carboxylic acids is 1. The molecule has 0 radical (unpaired) electrons. The molecule has 0 aromatic carbocycles. The van der Waals surface area contributed by atoms with Gasteiger partial charge in [0.15, 0.2) is 6.04 Å². The van der Waals surface area contributed by atoms with Crippen molar-refractivity contribution in [1.29, 1.82) is 0 Å². The van der Waals surface area contributed by atoms with Gasteiger partial charge in [-0.15, -0.1) is 0 Å². The summed E-state index contributed by atoms with van der Waals surface area (Å²) in [5, 5.41) is 8.93. The normalized spacial score (nSPS) is 18.9. The second kappa shape index (κ2) is 6.31. The number of nitrogens with zero attached hydrogens (tertiary/aromatic N) is 1. The predicted octanol–water partition coefficient (Wildman–Crippen LogP) is 0.746. The van der Waals surface area contributed by atoms with Crippen LogP contribution in [0.25, 0.3) is 0 Å². The lowest BCUT2D eigenvalue weighted by Gasteiger charge is -2.13. The molecule has 1 aliphatic rings. The quantitative estimate of drug-likeness (QED) is 0.731. The lowest BCUT2D eigenvalue weighted by atomic mass is 10.3. The fourth-order valence-electron chi connectivity index (χ4n) is 0.925. The van der Waals surface area contributed by atoms with Gasteiger partial charge in [0.25, 0.3) is 0 Å². The number of thioether (sulfide) groups is 2. The molecule has 0 bridgehead atoms. The average molecular weight is 235 g/mol. The summed E-state index contributed by atoms with van der Waals surface area (Å²) in [6, 6.07) is -0.756. The van der Waals surface area contributed by atoms with E-state index in [-0.39, 0.29) is 6.61 Å². The van der Waals surface area contributed by atoms with Gasteiger partial charge in [0, 0.05) is 11.5 Å². The zero-order chi connectivity index (χ0) is 10.4. The molecule has 0 unspecified atom stereocenters. The molecular formula is C8H13NO3S2. The third-order valence-corrected chi connectivity index (χ3v) is 4.04. The second-order valence-electron chi connectivity index (χ2n) is 2.67. The summed E-state index contributed by atoms with van der Waals surface area (Å²) in [5.41, 5.74) is 0. The van der Waals surface area contributed by atoms with Crippen LogP contribution >= 0.6 is 23.5 Å². The minimum absolute atomic E-state index is 0.294. The molecule has 1 saturated heterocycles. The van der Waals surface area contributed by atoms with Crippen molar-refractivity contribution in [3.8, 4) is 0 Å². The van der Waals surface area contributed by atoms with Crippen LogP contribution in [0.2, 0.25) is 0 Å². The van der Waals surface area contributed by atoms with E-state index in [2.05, 4.69) is 9.73 Å². The molecule has 4 nitrogen and oxygen atoms in total. The monoisotopic (exact) mass is 235 g/mol. The third-order valence-electron chi connectivity index (χ3n) is 1.65. The zero-order valence-electron chi connectivity index (χ0n) is 7.93. The molecule has 1 heterocycles. The fraction of sp³-hybridized carbons (Fsp3) is 0.750. The van der Waals surface area contributed by atoms with E-state index in [1.807, 2.05) is 0 Å². The van der Waals surface area contributed by atoms with Crippen LogP contribution in [-0.4, -0.2) is 46.7 Å². The van der Waals surface area contributed by atoms with Crippen molar-refractivity contribution in [2.45, 2.75) is 12.5 Å². The molecule has 1 N–H and O–H groups in total. The number of carbonyl (C=O) groups is 1. The van der Waals surface area contributed by atoms with Crippen LogP contribution in [0.5, 0.6) is 0 Å². The summed E-state index contributed by atoms with van der Waals surface area (Å²) in [6.07, 6.45) is 1.16. The van der Waals surface area contributed by atoms with Gasteiger partial charge in [0.2, 0.25) is 0 Å². The van der Waals surface area contributed by atoms with Gasteiger partial charge in [-0.25, -0.2) is 4.79 Å². The van der Waals surface area contributed by atoms with Crippen LogP contribution in [0.15, 0.2) is 4.99 Å². The zero-order valence-corrected chi connectivity index (χ0v) is 9.57. The maximum absolute atomic E-state index is 11.1. The van der Waals surface area contributed by atoms with Crippen molar-refractivity contribution in [2.24, 2.45) is 4.99 Å². The van der Waals surface area contributed by atoms with Gasteiger partial charge in [0.05, 0.1) is 13.7 Å². The summed E-state index contributed by atoms with van der Waals surface area (Å²) in [6.45, 7) is -0.294. The van der Waals surface area contributed by atoms with E-state index in [4.69, 9.17) is 5.11 Å². The summed E-state index contributed by atoms with van der Waals surface area (Å²) >= 11 is 3.26. The summed E-state index contributed by atoms with van der Waals surface area (Å²) < 4.78 is 5.40. The number of rotatable bonds is 3. The highest BCUT2D eigenvalue weighted by molar-refractivity contribution is 8.39. The van der Waals surface area contributed by atoms with Crippen molar-refractivity contribution in [3.63, 3.8) is 0 Å². The molecule has 1 fully saturated rings. The molecule has 0 aromatic rings. The first-order valence-electron chi connectivity index (χ1n) is 4.30. The van der Waals surface area contributed by atoms with Gasteiger partial charge in [-0.3, -0.25) is 4.99 Å². The molecule has 80 valence electrons. The minimum atomic E-state index is -0.756. The maximum Gasteiger partial charge on any atom is 0.333 e. The van der Waals surface area contributed by atoms with E-state index >= 15 is 0 Å². The van der Waals surface area contributed by atoms with E-state index in [1.165, 1.54) is 7.11 Å². The Morgan fingerprint density at radius 3 is 2.79 bits per heavy atom. The molecule has 0 saturated carbocycles. The first-order valence-corrected chi connectivity index (χ1v) is 6.27. The summed E-state index contributed by atoms with van der Waals surface area (Å²) in [4.78, 5) is 15.3. The van der Waals surface area contributed by atoms with E-state index < -0.39 is 12.0 Å². The van der Waals surface area contributed by atoms with Gasteiger partial charge in [-0.2, -0.15) is 0 Å². The molecule has 1 rings (SSSR count). The first-order chi connectivity index (χ1) is 6.77. The Kier molecular flexibility index (Phi) is 5.36. The lowest BCUT2D eigenvalue weighted by Crippen LogP contribution is -2.25. The van der Waals surface area contributed by atoms with E-state index in [1.54, 1.807) is 23.5 Å². The van der Waals surface area contributed by atoms with Crippen LogP contribution < -0.4 is 0 Å². The number of ether oxygens (including phenoxy) is 1. The van der Waals surface area contributed by atoms with Gasteiger partial charge < -0.3 is 9.84 Å². The first kappa shape index (κ1) is 11.9. The molecular weight excluding hydrogens is 222 g/mol. The molecule has 1 aliphatic heterocycles. The van der Waals surface area contributed by atoms with Crippen LogP contribution in [0.1, 0.15) is 6.42 Å². The number of hydrogen-bond donors (Lipinski definition) is 1. The Bertz CT molecular complexity index is 225. The van der Waals surface area contributed by atoms with E-state index in [0.717, 1.165) is 22.3 Å². The Balaban J connectivity index is 2.56. The molecule has 14 heavy (non-hydrogen) atoms. The third kappa shape index (κ3) is 3.51. The number of hydrogen-bond acceptors (Lipinski definition) is 6. The van der Waals surface area contributed by atoms with E-state index in [0.29, 0.717) is 0 Å². The average Bonchev–Trinajstić information content (AvgIpc) is 2.26. The Labute approximate surface area is 91.5 Å². The van der Waals surface area contributed by atoms with Crippen molar-refractivity contribution in [2.75, 3.05) is 25.2 Å². The van der Waals surface area contributed by atoms with Crippen molar-refractivity contribution >= 4 is 33.9 Å². The van der Waals surface area contributed by atoms with Gasteiger partial charge in [-0.05, 0) is 6.42 Å². The summed E-state index contributed by atoms with van der Waals surface area (Å²) in [5.74, 6) is 1.59. The van der Waals surface area contributed by atoms with Gasteiger partial charge >= 0.3 is 5.97 Å². The second-order valence-corrected chi connectivity index (χ2v) is 5.09. The number of aliphatic imine (C=N–C) groups is 1. The van der Waals surface area contributed by atoms with Crippen molar-refractivity contribution in [1.82, 2.24) is 0 Å². The minimum Gasteiger partial charge on any atom is -0.467 e. The van der Waals surface area contributed by atoms with Crippen LogP contribution in [0, 0.1) is 0 Å². The Morgan fingerprint density at radius 1 is 1.64 bits per heavy atom. The Hall–Kier alpha value is -0.200. The molecule has 0 spiro atoms. The van der Waals surface area contributed by atoms with Crippen LogP contribution in [0.3, 0.4) is 0 Å². The van der Waals surface area contributed by atoms with Gasteiger partial charge in [0.1, 0.15) is 4.38 Å². The highest BCUT2D eigenvalue weighted by Crippen LogP contribution is 2.25. The lowest BCUT2D eigenvalue weighted by molar-refractivity contribution is -0.142. The van der Waals surface area contributed by atoms with Crippen LogP contribution in [0.4, 0.5) is 0 Å². The van der Waals surface area contributed by atoms with Crippen LogP contribution in [-0.2, 0) is 9.53 Å². The molecule has 0 amide bonds. The van der Waals surface area contributed by atoms with Gasteiger partial charge in [-0.1, -0.05) is 23.5 Å². The maximum atomic E-state index is 11.1. The largest absolute Gasteiger partial charge is 0.467 e.